The van der Waals surface area contributed by atoms with Crippen LogP contribution < -0.4 is 0 Å². The monoisotopic (exact) mass is 368 g/mol. The van der Waals surface area contributed by atoms with Crippen molar-refractivity contribution in [2.75, 3.05) is 39.3 Å². The third-order valence-corrected chi connectivity index (χ3v) is 5.43. The highest BCUT2D eigenvalue weighted by atomic mass is 16.5. The van der Waals surface area contributed by atoms with Gasteiger partial charge in [0, 0.05) is 44.2 Å². The number of ether oxygens (including phenoxy) is 1. The molecule has 2 fully saturated rings. The molecule has 3 heterocycles. The van der Waals surface area contributed by atoms with Gasteiger partial charge in [-0.05, 0) is 62.7 Å². The lowest BCUT2D eigenvalue weighted by atomic mass is 10.1. The number of rotatable bonds is 4. The molecule has 0 spiro atoms. The summed E-state index contributed by atoms with van der Waals surface area (Å²) in [6.07, 6.45) is 8.54. The maximum absolute atomic E-state index is 13.0. The molecule has 0 bridgehead atoms. The Morgan fingerprint density at radius 3 is 2.63 bits per heavy atom. The number of nitrogens with zero attached hydrogens (tertiary/aromatic N) is 4. The van der Waals surface area contributed by atoms with Crippen LogP contribution in [0.15, 0.2) is 42.7 Å². The Hall–Kier alpha value is -2.18. The maximum atomic E-state index is 13.0. The van der Waals surface area contributed by atoms with Gasteiger partial charge in [-0.2, -0.15) is 5.10 Å². The molecule has 1 unspecified atom stereocenters. The highest BCUT2D eigenvalue weighted by molar-refractivity contribution is 5.94. The Morgan fingerprint density at radius 1 is 1.07 bits per heavy atom. The number of aromatic nitrogens is 2. The van der Waals surface area contributed by atoms with Gasteiger partial charge in [-0.25, -0.2) is 4.68 Å². The lowest BCUT2D eigenvalue weighted by Crippen LogP contribution is -2.43. The van der Waals surface area contributed by atoms with Gasteiger partial charge in [0.05, 0.1) is 11.8 Å². The minimum atomic E-state index is 0.0937. The summed E-state index contributed by atoms with van der Waals surface area (Å²) in [5, 5.41) is 4.23. The van der Waals surface area contributed by atoms with Crippen molar-refractivity contribution in [3.63, 3.8) is 0 Å². The molecule has 6 nitrogen and oxygen atoms in total. The molecule has 27 heavy (non-hydrogen) atoms. The van der Waals surface area contributed by atoms with E-state index in [1.54, 1.807) is 10.9 Å². The molecule has 6 heteroatoms. The second-order valence-electron chi connectivity index (χ2n) is 7.46. The van der Waals surface area contributed by atoms with E-state index in [1.165, 1.54) is 19.3 Å². The van der Waals surface area contributed by atoms with Crippen molar-refractivity contribution in [1.29, 1.82) is 0 Å². The molecule has 2 aromatic rings. The van der Waals surface area contributed by atoms with E-state index >= 15 is 0 Å². The summed E-state index contributed by atoms with van der Waals surface area (Å²) in [5.41, 5.74) is 1.68. The van der Waals surface area contributed by atoms with Gasteiger partial charge in [-0.15, -0.1) is 0 Å². The fourth-order valence-corrected chi connectivity index (χ4v) is 3.98. The summed E-state index contributed by atoms with van der Waals surface area (Å²) in [5.74, 6) is 0.0937. The molecule has 4 rings (SSSR count). The minimum Gasteiger partial charge on any atom is -0.375 e. The van der Waals surface area contributed by atoms with Gasteiger partial charge in [0.1, 0.15) is 0 Å². The summed E-state index contributed by atoms with van der Waals surface area (Å²) in [7, 11) is 0. The van der Waals surface area contributed by atoms with Crippen LogP contribution in [-0.4, -0.2) is 70.9 Å². The minimum absolute atomic E-state index is 0.0937. The highest BCUT2D eigenvalue weighted by Crippen LogP contribution is 2.16. The number of carbonyl (C=O) groups excluding carboxylic acids is 1. The van der Waals surface area contributed by atoms with Gasteiger partial charge in [0.15, 0.2) is 0 Å². The van der Waals surface area contributed by atoms with Crippen LogP contribution in [0.3, 0.4) is 0 Å². The van der Waals surface area contributed by atoms with Crippen LogP contribution in [0.1, 0.15) is 36.0 Å². The van der Waals surface area contributed by atoms with E-state index in [-0.39, 0.29) is 12.0 Å². The number of likely N-dealkylation sites (tertiary alicyclic amines) is 1. The summed E-state index contributed by atoms with van der Waals surface area (Å²) in [6.45, 7) is 5.42. The first-order valence-corrected chi connectivity index (χ1v) is 10.0. The summed E-state index contributed by atoms with van der Waals surface area (Å²) in [6, 6.07) is 9.56. The first kappa shape index (κ1) is 18.2. The predicted octanol–water partition coefficient (Wildman–Crippen LogP) is 2.59. The molecule has 1 aromatic carbocycles. The average molecular weight is 368 g/mol. The first-order valence-electron chi connectivity index (χ1n) is 10.0. The lowest BCUT2D eigenvalue weighted by Gasteiger charge is -2.31. The van der Waals surface area contributed by atoms with Crippen LogP contribution in [0.5, 0.6) is 0 Å². The first-order chi connectivity index (χ1) is 13.3. The van der Waals surface area contributed by atoms with E-state index in [0.717, 1.165) is 50.5 Å². The van der Waals surface area contributed by atoms with Crippen molar-refractivity contribution >= 4 is 5.91 Å². The third kappa shape index (κ3) is 4.57. The van der Waals surface area contributed by atoms with E-state index in [9.17, 15) is 4.79 Å². The Labute approximate surface area is 160 Å². The van der Waals surface area contributed by atoms with Crippen LogP contribution in [0.2, 0.25) is 0 Å². The molecule has 2 aliphatic rings. The van der Waals surface area contributed by atoms with Gasteiger partial charge in [-0.1, -0.05) is 6.42 Å². The molecule has 0 N–H and O–H groups in total. The fourth-order valence-electron chi connectivity index (χ4n) is 3.98. The molecule has 2 saturated heterocycles. The lowest BCUT2D eigenvalue weighted by molar-refractivity contribution is 0.0216. The SMILES string of the molecule is O=C(c1ccc(-n2cccn2)cc1)N1CCCOC(CN2CCCCC2)C1. The van der Waals surface area contributed by atoms with Crippen LogP contribution >= 0.6 is 0 Å². The van der Waals surface area contributed by atoms with Crippen molar-refractivity contribution in [1.82, 2.24) is 19.6 Å². The Balaban J connectivity index is 1.40. The van der Waals surface area contributed by atoms with Crippen molar-refractivity contribution < 1.29 is 9.53 Å². The predicted molar refractivity (Wildman–Crippen MR) is 104 cm³/mol. The van der Waals surface area contributed by atoms with Crippen molar-refractivity contribution in [3.8, 4) is 5.69 Å². The van der Waals surface area contributed by atoms with E-state index in [0.29, 0.717) is 6.54 Å². The number of carbonyl (C=O) groups is 1. The van der Waals surface area contributed by atoms with E-state index in [2.05, 4.69) is 10.00 Å². The molecule has 2 aliphatic heterocycles. The van der Waals surface area contributed by atoms with Crippen LogP contribution in [-0.2, 0) is 4.74 Å². The molecule has 1 amide bonds. The molecule has 1 atom stereocenters. The van der Waals surface area contributed by atoms with E-state index in [1.807, 2.05) is 41.4 Å². The van der Waals surface area contributed by atoms with E-state index in [4.69, 9.17) is 4.74 Å². The van der Waals surface area contributed by atoms with Crippen LogP contribution in [0.25, 0.3) is 5.69 Å². The standard InChI is InChI=1S/C21H28N4O2/c26-21(18-6-8-19(9-7-18)25-14-4-10-22-25)24-13-5-15-27-20(17-24)16-23-11-2-1-3-12-23/h4,6-10,14,20H,1-3,5,11-13,15-17H2. The largest absolute Gasteiger partial charge is 0.375 e. The van der Waals surface area contributed by atoms with Gasteiger partial charge in [0.2, 0.25) is 0 Å². The molecular weight excluding hydrogens is 340 g/mol. The molecule has 1 aromatic heterocycles. The average Bonchev–Trinajstić information content (AvgIpc) is 3.15. The maximum Gasteiger partial charge on any atom is 0.253 e. The van der Waals surface area contributed by atoms with Crippen molar-refractivity contribution in [2.45, 2.75) is 31.8 Å². The van der Waals surface area contributed by atoms with Gasteiger partial charge in [-0.3, -0.25) is 4.79 Å². The quantitative estimate of drug-likeness (QED) is 0.832. The number of amides is 1. The zero-order valence-electron chi connectivity index (χ0n) is 15.8. The second kappa shape index (κ2) is 8.67. The van der Waals surface area contributed by atoms with Crippen LogP contribution in [0.4, 0.5) is 0 Å². The molecule has 0 radical (unpaired) electrons. The smallest absolute Gasteiger partial charge is 0.253 e. The second-order valence-corrected chi connectivity index (χ2v) is 7.46. The Kier molecular flexibility index (Phi) is 5.84. The topological polar surface area (TPSA) is 50.6 Å². The molecule has 0 aliphatic carbocycles. The molecule has 144 valence electrons. The zero-order chi connectivity index (χ0) is 18.5. The molecular formula is C21H28N4O2. The summed E-state index contributed by atoms with van der Waals surface area (Å²) < 4.78 is 7.84. The van der Waals surface area contributed by atoms with Gasteiger partial charge >= 0.3 is 0 Å². The Bertz CT molecular complexity index is 723. The fraction of sp³-hybridized carbons (Fsp3) is 0.524. The summed E-state index contributed by atoms with van der Waals surface area (Å²) in [4.78, 5) is 17.5. The number of piperidine rings is 1. The third-order valence-electron chi connectivity index (χ3n) is 5.43. The normalized spacial score (nSPS) is 21.8. The van der Waals surface area contributed by atoms with E-state index < -0.39 is 0 Å². The van der Waals surface area contributed by atoms with Gasteiger partial charge < -0.3 is 14.5 Å². The van der Waals surface area contributed by atoms with Crippen molar-refractivity contribution in [2.24, 2.45) is 0 Å². The summed E-state index contributed by atoms with van der Waals surface area (Å²) >= 11 is 0. The number of hydrogen-bond acceptors (Lipinski definition) is 4. The number of benzene rings is 1. The van der Waals surface area contributed by atoms with Crippen LogP contribution in [0, 0.1) is 0 Å². The highest BCUT2D eigenvalue weighted by Gasteiger charge is 2.25. The van der Waals surface area contributed by atoms with Crippen molar-refractivity contribution in [3.05, 3.63) is 48.3 Å². The van der Waals surface area contributed by atoms with Gasteiger partial charge in [0.25, 0.3) is 5.91 Å². The zero-order valence-corrected chi connectivity index (χ0v) is 15.8. The Morgan fingerprint density at radius 2 is 1.89 bits per heavy atom. The number of hydrogen-bond donors (Lipinski definition) is 0. The molecule has 0 saturated carbocycles.